The first-order valence-corrected chi connectivity index (χ1v) is 8.04. The molecule has 2 N–H and O–H groups in total. The Hall–Kier alpha value is -1.17. The molecule has 0 aromatic rings. The van der Waals surface area contributed by atoms with E-state index in [0.717, 1.165) is 19.3 Å². The molecule has 120 valence electrons. The van der Waals surface area contributed by atoms with Gasteiger partial charge in [-0.1, -0.05) is 38.9 Å². The van der Waals surface area contributed by atoms with Crippen molar-refractivity contribution < 1.29 is 14.3 Å². The molecule has 0 saturated carbocycles. The van der Waals surface area contributed by atoms with E-state index in [4.69, 9.17) is 22.7 Å². The van der Waals surface area contributed by atoms with Gasteiger partial charge in [-0.25, -0.2) is 4.79 Å². The zero-order valence-electron chi connectivity index (χ0n) is 13.2. The Bertz CT molecular complexity index is 406. The average Bonchev–Trinajstić information content (AvgIpc) is 2.94. The first-order chi connectivity index (χ1) is 9.94. The molecular formula is C15H26N2O3S. The minimum Gasteiger partial charge on any atom is -0.467 e. The fourth-order valence-electron chi connectivity index (χ4n) is 3.21. The van der Waals surface area contributed by atoms with Crippen LogP contribution in [-0.4, -0.2) is 41.5 Å². The molecule has 1 amide bonds. The quantitative estimate of drug-likeness (QED) is 0.575. The summed E-state index contributed by atoms with van der Waals surface area (Å²) >= 11 is 5.22. The summed E-state index contributed by atoms with van der Waals surface area (Å²) in [7, 11) is 1.35. The Balaban J connectivity index is 3.09. The molecular weight excluding hydrogens is 288 g/mol. The van der Waals surface area contributed by atoms with Crippen LogP contribution in [0.3, 0.4) is 0 Å². The Morgan fingerprint density at radius 3 is 2.33 bits per heavy atom. The Morgan fingerprint density at radius 1 is 1.33 bits per heavy atom. The summed E-state index contributed by atoms with van der Waals surface area (Å²) in [6.07, 6.45) is 4.33. The molecule has 0 bridgehead atoms. The molecule has 6 heteroatoms. The second-order valence-corrected chi connectivity index (χ2v) is 6.07. The van der Waals surface area contributed by atoms with Crippen LogP contribution in [0.5, 0.6) is 0 Å². The van der Waals surface area contributed by atoms with E-state index < -0.39 is 11.5 Å². The standard InChI is InChI=1S/C15H26N2O3S/c1-4-8-15(9-5-2,13(16)21)14(19)17-10-6-7-11(17)12(18)20-3/h11H,4-10H2,1-3H3,(H2,16,21). The Morgan fingerprint density at radius 2 is 1.90 bits per heavy atom. The highest BCUT2D eigenvalue weighted by Crippen LogP contribution is 2.35. The summed E-state index contributed by atoms with van der Waals surface area (Å²) in [5.74, 6) is -0.461. The maximum absolute atomic E-state index is 13.1. The lowest BCUT2D eigenvalue weighted by molar-refractivity contribution is -0.153. The molecule has 0 aromatic heterocycles. The number of rotatable bonds is 7. The normalized spacial score (nSPS) is 18.6. The lowest BCUT2D eigenvalue weighted by Gasteiger charge is -2.36. The lowest BCUT2D eigenvalue weighted by atomic mass is 9.77. The summed E-state index contributed by atoms with van der Waals surface area (Å²) in [4.78, 5) is 26.8. The molecule has 1 atom stereocenters. The predicted octanol–water partition coefficient (Wildman–Crippen LogP) is 2.02. The van der Waals surface area contributed by atoms with Gasteiger partial charge in [0, 0.05) is 6.54 Å². The number of ether oxygens (including phenoxy) is 1. The molecule has 0 aromatic carbocycles. The van der Waals surface area contributed by atoms with Crippen LogP contribution in [0.2, 0.25) is 0 Å². The van der Waals surface area contributed by atoms with Gasteiger partial charge in [-0.2, -0.15) is 0 Å². The number of carbonyl (C=O) groups is 2. The van der Waals surface area contributed by atoms with E-state index in [0.29, 0.717) is 25.8 Å². The third kappa shape index (κ3) is 3.54. The van der Waals surface area contributed by atoms with E-state index in [9.17, 15) is 9.59 Å². The molecule has 1 heterocycles. The molecule has 5 nitrogen and oxygen atoms in total. The minimum absolute atomic E-state index is 0.105. The van der Waals surface area contributed by atoms with E-state index in [-0.39, 0.29) is 16.9 Å². The van der Waals surface area contributed by atoms with Gasteiger partial charge in [-0.3, -0.25) is 4.79 Å². The average molecular weight is 314 g/mol. The van der Waals surface area contributed by atoms with Crippen molar-refractivity contribution in [1.29, 1.82) is 0 Å². The smallest absolute Gasteiger partial charge is 0.328 e. The number of amides is 1. The van der Waals surface area contributed by atoms with E-state index in [2.05, 4.69) is 0 Å². The van der Waals surface area contributed by atoms with E-state index in [1.807, 2.05) is 13.8 Å². The van der Waals surface area contributed by atoms with Crippen molar-refractivity contribution in [3.63, 3.8) is 0 Å². The number of nitrogens with zero attached hydrogens (tertiary/aromatic N) is 1. The van der Waals surface area contributed by atoms with Gasteiger partial charge in [0.2, 0.25) is 5.91 Å². The van der Waals surface area contributed by atoms with Crippen molar-refractivity contribution in [2.45, 2.75) is 58.4 Å². The Kier molecular flexibility index (Phi) is 6.58. The van der Waals surface area contributed by atoms with Crippen LogP contribution in [0.15, 0.2) is 0 Å². The van der Waals surface area contributed by atoms with Crippen molar-refractivity contribution in [2.75, 3.05) is 13.7 Å². The van der Waals surface area contributed by atoms with E-state index >= 15 is 0 Å². The van der Waals surface area contributed by atoms with Gasteiger partial charge in [0.1, 0.15) is 6.04 Å². The number of likely N-dealkylation sites (tertiary alicyclic amines) is 1. The van der Waals surface area contributed by atoms with Gasteiger partial charge in [-0.05, 0) is 25.7 Å². The van der Waals surface area contributed by atoms with Crippen molar-refractivity contribution in [1.82, 2.24) is 4.90 Å². The second-order valence-electron chi connectivity index (χ2n) is 5.63. The highest BCUT2D eigenvalue weighted by Gasteiger charge is 2.47. The topological polar surface area (TPSA) is 72.6 Å². The van der Waals surface area contributed by atoms with E-state index in [1.165, 1.54) is 7.11 Å². The number of methoxy groups -OCH3 is 1. The molecule has 0 radical (unpaired) electrons. The Labute approximate surface area is 132 Å². The van der Waals surface area contributed by atoms with Crippen LogP contribution in [0.4, 0.5) is 0 Å². The summed E-state index contributed by atoms with van der Waals surface area (Å²) in [6.45, 7) is 4.59. The van der Waals surface area contributed by atoms with Crippen LogP contribution in [-0.2, 0) is 14.3 Å². The number of hydrogen-bond acceptors (Lipinski definition) is 4. The van der Waals surface area contributed by atoms with E-state index in [1.54, 1.807) is 4.90 Å². The molecule has 21 heavy (non-hydrogen) atoms. The van der Waals surface area contributed by atoms with Crippen LogP contribution in [0.1, 0.15) is 52.4 Å². The zero-order valence-corrected chi connectivity index (χ0v) is 14.0. The highest BCUT2D eigenvalue weighted by atomic mass is 32.1. The molecule has 0 aliphatic carbocycles. The number of thiocarbonyl (C=S) groups is 1. The van der Waals surface area contributed by atoms with Gasteiger partial charge < -0.3 is 15.4 Å². The molecule has 0 spiro atoms. The highest BCUT2D eigenvalue weighted by molar-refractivity contribution is 7.80. The summed E-state index contributed by atoms with van der Waals surface area (Å²) in [6, 6.07) is -0.495. The minimum atomic E-state index is -0.824. The van der Waals surface area contributed by atoms with Gasteiger partial charge >= 0.3 is 5.97 Å². The molecule has 1 aliphatic rings. The second kappa shape index (κ2) is 7.73. The third-order valence-electron chi connectivity index (χ3n) is 4.22. The summed E-state index contributed by atoms with van der Waals surface area (Å²) in [5.41, 5.74) is 5.11. The van der Waals surface area contributed by atoms with Crippen molar-refractivity contribution in [3.8, 4) is 0 Å². The maximum Gasteiger partial charge on any atom is 0.328 e. The molecule has 1 fully saturated rings. The number of esters is 1. The molecule has 1 unspecified atom stereocenters. The van der Waals surface area contributed by atoms with Crippen molar-refractivity contribution in [2.24, 2.45) is 11.1 Å². The molecule has 1 saturated heterocycles. The first kappa shape index (κ1) is 17.9. The maximum atomic E-state index is 13.1. The van der Waals surface area contributed by atoms with Crippen LogP contribution in [0, 0.1) is 5.41 Å². The monoisotopic (exact) mass is 314 g/mol. The molecule has 1 aliphatic heterocycles. The van der Waals surface area contributed by atoms with Crippen LogP contribution in [0.25, 0.3) is 0 Å². The fraction of sp³-hybridized carbons (Fsp3) is 0.800. The van der Waals surface area contributed by atoms with Gasteiger partial charge in [0.05, 0.1) is 17.5 Å². The number of hydrogen-bond donors (Lipinski definition) is 1. The van der Waals surface area contributed by atoms with Crippen molar-refractivity contribution in [3.05, 3.63) is 0 Å². The third-order valence-corrected chi connectivity index (χ3v) is 4.61. The number of carbonyl (C=O) groups excluding carboxylic acids is 2. The number of nitrogens with two attached hydrogens (primary N) is 1. The summed E-state index contributed by atoms with van der Waals surface area (Å²) in [5, 5.41) is 0. The first-order valence-electron chi connectivity index (χ1n) is 7.63. The summed E-state index contributed by atoms with van der Waals surface area (Å²) < 4.78 is 4.81. The SMILES string of the molecule is CCCC(CCC)(C(=O)N1CCCC1C(=O)OC)C(N)=S. The van der Waals surface area contributed by atoms with Gasteiger partial charge in [0.15, 0.2) is 0 Å². The van der Waals surface area contributed by atoms with Gasteiger partial charge in [-0.15, -0.1) is 0 Å². The van der Waals surface area contributed by atoms with Crippen LogP contribution >= 0.6 is 12.2 Å². The predicted molar refractivity (Wildman–Crippen MR) is 85.8 cm³/mol. The van der Waals surface area contributed by atoms with Crippen LogP contribution < -0.4 is 5.73 Å². The molecule has 1 rings (SSSR count). The lowest BCUT2D eigenvalue weighted by Crippen LogP contribution is -2.53. The largest absolute Gasteiger partial charge is 0.467 e. The zero-order chi connectivity index (χ0) is 16.0. The van der Waals surface area contributed by atoms with Gasteiger partial charge in [0.25, 0.3) is 0 Å². The van der Waals surface area contributed by atoms with Crippen molar-refractivity contribution >= 4 is 29.1 Å². The fourth-order valence-corrected chi connectivity index (χ4v) is 3.50.